The smallest absolute Gasteiger partial charge is 0.106 e. The Bertz CT molecular complexity index is 433. The Balaban J connectivity index is 2.82. The predicted octanol–water partition coefficient (Wildman–Crippen LogP) is 3.72. The standard InChI is InChI=1S/C15H24N2S/c1-10-6-7-13(12(8-10)14(16)18)17-9-11(2)15(3,4)5/h6-8,11,17H,9H2,1-5H3,(H2,16,18). The van der Waals surface area contributed by atoms with Crippen LogP contribution < -0.4 is 11.1 Å². The van der Waals surface area contributed by atoms with E-state index in [2.05, 4.69) is 45.1 Å². The molecule has 100 valence electrons. The van der Waals surface area contributed by atoms with Crippen LogP contribution in [0.4, 0.5) is 5.69 Å². The van der Waals surface area contributed by atoms with E-state index in [1.807, 2.05) is 13.0 Å². The predicted molar refractivity (Wildman–Crippen MR) is 84.2 cm³/mol. The summed E-state index contributed by atoms with van der Waals surface area (Å²) in [6, 6.07) is 6.16. The molecule has 18 heavy (non-hydrogen) atoms. The highest BCUT2D eigenvalue weighted by Crippen LogP contribution is 2.26. The van der Waals surface area contributed by atoms with Crippen LogP contribution in [0.15, 0.2) is 18.2 Å². The molecule has 0 heterocycles. The summed E-state index contributed by atoms with van der Waals surface area (Å²) in [4.78, 5) is 0.449. The highest BCUT2D eigenvalue weighted by molar-refractivity contribution is 7.80. The van der Waals surface area contributed by atoms with E-state index in [1.54, 1.807) is 0 Å². The molecule has 0 aromatic heterocycles. The fourth-order valence-electron chi connectivity index (χ4n) is 1.59. The van der Waals surface area contributed by atoms with Gasteiger partial charge in [-0.1, -0.05) is 51.5 Å². The SMILES string of the molecule is Cc1ccc(NCC(C)C(C)(C)C)c(C(N)=S)c1. The summed E-state index contributed by atoms with van der Waals surface area (Å²) in [5.41, 5.74) is 9.20. The van der Waals surface area contributed by atoms with Gasteiger partial charge in [-0.25, -0.2) is 0 Å². The quantitative estimate of drug-likeness (QED) is 0.814. The second-order valence-electron chi connectivity index (χ2n) is 6.06. The minimum absolute atomic E-state index is 0.293. The van der Waals surface area contributed by atoms with Crippen molar-refractivity contribution in [2.75, 3.05) is 11.9 Å². The van der Waals surface area contributed by atoms with E-state index in [0.717, 1.165) is 17.8 Å². The van der Waals surface area contributed by atoms with Crippen molar-refractivity contribution in [3.8, 4) is 0 Å². The molecule has 0 fully saturated rings. The lowest BCUT2D eigenvalue weighted by molar-refractivity contribution is 0.274. The Morgan fingerprint density at radius 3 is 2.50 bits per heavy atom. The molecule has 0 amide bonds. The molecule has 0 bridgehead atoms. The maximum atomic E-state index is 5.77. The Morgan fingerprint density at radius 1 is 1.39 bits per heavy atom. The third kappa shape index (κ3) is 3.98. The third-order valence-electron chi connectivity index (χ3n) is 3.52. The van der Waals surface area contributed by atoms with Crippen LogP contribution >= 0.6 is 12.2 Å². The average Bonchev–Trinajstić information content (AvgIpc) is 2.25. The van der Waals surface area contributed by atoms with Gasteiger partial charge < -0.3 is 11.1 Å². The largest absolute Gasteiger partial charge is 0.389 e. The Morgan fingerprint density at radius 2 is 2.00 bits per heavy atom. The minimum Gasteiger partial charge on any atom is -0.389 e. The number of hydrogen-bond acceptors (Lipinski definition) is 2. The van der Waals surface area contributed by atoms with Crippen molar-refractivity contribution < 1.29 is 0 Å². The molecular weight excluding hydrogens is 240 g/mol. The lowest BCUT2D eigenvalue weighted by atomic mass is 9.82. The van der Waals surface area contributed by atoms with Crippen molar-refractivity contribution >= 4 is 22.9 Å². The van der Waals surface area contributed by atoms with E-state index in [9.17, 15) is 0 Å². The summed E-state index contributed by atoms with van der Waals surface area (Å²) in [5.74, 6) is 0.568. The molecule has 1 atom stereocenters. The molecule has 0 saturated heterocycles. The van der Waals surface area contributed by atoms with Gasteiger partial charge in [0.1, 0.15) is 4.99 Å². The normalized spacial score (nSPS) is 13.2. The third-order valence-corrected chi connectivity index (χ3v) is 3.74. The molecule has 3 N–H and O–H groups in total. The fraction of sp³-hybridized carbons (Fsp3) is 0.533. The zero-order valence-electron chi connectivity index (χ0n) is 12.0. The minimum atomic E-state index is 0.293. The lowest BCUT2D eigenvalue weighted by Crippen LogP contribution is -2.25. The van der Waals surface area contributed by atoms with E-state index in [-0.39, 0.29) is 0 Å². The van der Waals surface area contributed by atoms with Gasteiger partial charge in [0.05, 0.1) is 0 Å². The molecule has 0 aliphatic rings. The van der Waals surface area contributed by atoms with Gasteiger partial charge in [-0.05, 0) is 30.4 Å². The fourth-order valence-corrected chi connectivity index (χ4v) is 1.75. The van der Waals surface area contributed by atoms with E-state index in [4.69, 9.17) is 18.0 Å². The summed E-state index contributed by atoms with van der Waals surface area (Å²) in [6.45, 7) is 12.0. The molecule has 0 saturated carbocycles. The Kier molecular flexibility index (Phi) is 4.74. The molecule has 1 unspecified atom stereocenters. The summed E-state index contributed by atoms with van der Waals surface area (Å²) in [7, 11) is 0. The van der Waals surface area contributed by atoms with E-state index < -0.39 is 0 Å². The lowest BCUT2D eigenvalue weighted by Gasteiger charge is -2.28. The Labute approximate surface area is 116 Å². The van der Waals surface area contributed by atoms with Gasteiger partial charge in [0, 0.05) is 17.8 Å². The average molecular weight is 264 g/mol. The molecule has 0 aliphatic heterocycles. The van der Waals surface area contributed by atoms with Gasteiger partial charge in [0.15, 0.2) is 0 Å². The van der Waals surface area contributed by atoms with Crippen molar-refractivity contribution in [1.29, 1.82) is 0 Å². The van der Waals surface area contributed by atoms with Crippen LogP contribution in [0, 0.1) is 18.3 Å². The van der Waals surface area contributed by atoms with Gasteiger partial charge >= 0.3 is 0 Å². The number of nitrogens with one attached hydrogen (secondary N) is 1. The van der Waals surface area contributed by atoms with Crippen molar-refractivity contribution in [3.05, 3.63) is 29.3 Å². The van der Waals surface area contributed by atoms with Crippen LogP contribution in [0.3, 0.4) is 0 Å². The Hall–Kier alpha value is -1.09. The number of benzene rings is 1. The number of rotatable bonds is 4. The van der Waals surface area contributed by atoms with E-state index >= 15 is 0 Å². The van der Waals surface area contributed by atoms with Crippen LogP contribution in [0.25, 0.3) is 0 Å². The highest BCUT2D eigenvalue weighted by Gasteiger charge is 2.19. The number of nitrogens with two attached hydrogens (primary N) is 1. The summed E-state index contributed by atoms with van der Waals surface area (Å²) >= 11 is 5.10. The van der Waals surface area contributed by atoms with Crippen molar-refractivity contribution in [1.82, 2.24) is 0 Å². The topological polar surface area (TPSA) is 38.0 Å². The molecule has 0 spiro atoms. The second kappa shape index (κ2) is 5.70. The summed E-state index contributed by atoms with van der Waals surface area (Å²) in [6.07, 6.45) is 0. The van der Waals surface area contributed by atoms with Crippen LogP contribution in [-0.4, -0.2) is 11.5 Å². The maximum absolute atomic E-state index is 5.77. The van der Waals surface area contributed by atoms with Gasteiger partial charge in [-0.3, -0.25) is 0 Å². The first-order valence-corrected chi connectivity index (χ1v) is 6.77. The molecule has 1 aromatic rings. The first kappa shape index (κ1) is 15.0. The first-order valence-electron chi connectivity index (χ1n) is 6.36. The molecule has 1 rings (SSSR count). The van der Waals surface area contributed by atoms with Crippen LogP contribution in [0.2, 0.25) is 0 Å². The number of hydrogen-bond donors (Lipinski definition) is 2. The van der Waals surface area contributed by atoms with Gasteiger partial charge in [-0.15, -0.1) is 0 Å². The van der Waals surface area contributed by atoms with Crippen LogP contribution in [0.1, 0.15) is 38.8 Å². The molecule has 2 nitrogen and oxygen atoms in total. The zero-order chi connectivity index (χ0) is 13.9. The number of thiocarbonyl (C=S) groups is 1. The van der Waals surface area contributed by atoms with Gasteiger partial charge in [0.2, 0.25) is 0 Å². The van der Waals surface area contributed by atoms with Crippen molar-refractivity contribution in [2.24, 2.45) is 17.1 Å². The highest BCUT2D eigenvalue weighted by atomic mass is 32.1. The molecule has 0 radical (unpaired) electrons. The van der Waals surface area contributed by atoms with Crippen molar-refractivity contribution in [2.45, 2.75) is 34.6 Å². The molecule has 0 aliphatic carbocycles. The first-order chi connectivity index (χ1) is 8.21. The molecular formula is C15H24N2S. The van der Waals surface area contributed by atoms with Crippen LogP contribution in [0.5, 0.6) is 0 Å². The monoisotopic (exact) mass is 264 g/mol. The number of aryl methyl sites for hydroxylation is 1. The summed E-state index contributed by atoms with van der Waals surface area (Å²) in [5, 5.41) is 3.46. The number of anilines is 1. The molecule has 1 aromatic carbocycles. The van der Waals surface area contributed by atoms with Crippen molar-refractivity contribution in [3.63, 3.8) is 0 Å². The van der Waals surface area contributed by atoms with Gasteiger partial charge in [0.25, 0.3) is 0 Å². The molecule has 3 heteroatoms. The van der Waals surface area contributed by atoms with Gasteiger partial charge in [-0.2, -0.15) is 0 Å². The van der Waals surface area contributed by atoms with E-state index in [1.165, 1.54) is 5.56 Å². The maximum Gasteiger partial charge on any atom is 0.106 e. The zero-order valence-corrected chi connectivity index (χ0v) is 12.8. The summed E-state index contributed by atoms with van der Waals surface area (Å²) < 4.78 is 0. The van der Waals surface area contributed by atoms with Crippen LogP contribution in [-0.2, 0) is 0 Å². The second-order valence-corrected chi connectivity index (χ2v) is 6.50. The van der Waals surface area contributed by atoms with E-state index in [0.29, 0.717) is 16.3 Å².